The first-order chi connectivity index (χ1) is 11.1. The Morgan fingerprint density at radius 2 is 1.65 bits per heavy atom. The third-order valence-electron chi connectivity index (χ3n) is 4.16. The van der Waals surface area contributed by atoms with Crippen molar-refractivity contribution in [1.29, 1.82) is 0 Å². The van der Waals surface area contributed by atoms with Gasteiger partial charge in [-0.2, -0.15) is 0 Å². The maximum Gasteiger partial charge on any atom is 0.0914 e. The third kappa shape index (κ3) is 3.73. The van der Waals surface area contributed by atoms with Crippen LogP contribution in [0.3, 0.4) is 0 Å². The summed E-state index contributed by atoms with van der Waals surface area (Å²) < 4.78 is 0. The molecule has 0 aliphatic carbocycles. The van der Waals surface area contributed by atoms with E-state index < -0.39 is 6.10 Å². The molecular weight excluding hydrogens is 306 g/mol. The molecule has 2 nitrogen and oxygen atoms in total. The van der Waals surface area contributed by atoms with E-state index in [4.69, 9.17) is 11.6 Å². The fourth-order valence-electron chi connectivity index (χ4n) is 2.83. The predicted octanol–water partition coefficient (Wildman–Crippen LogP) is 4.88. The second-order valence-electron chi connectivity index (χ2n) is 5.77. The van der Waals surface area contributed by atoms with Crippen molar-refractivity contribution >= 4 is 22.4 Å². The van der Waals surface area contributed by atoms with E-state index in [1.54, 1.807) is 12.1 Å². The van der Waals surface area contributed by atoms with Gasteiger partial charge in [0.15, 0.2) is 0 Å². The summed E-state index contributed by atoms with van der Waals surface area (Å²) >= 11 is 5.88. The van der Waals surface area contributed by atoms with E-state index >= 15 is 0 Å². The Morgan fingerprint density at radius 1 is 0.957 bits per heavy atom. The quantitative estimate of drug-likeness (QED) is 0.701. The van der Waals surface area contributed by atoms with Gasteiger partial charge in [0.1, 0.15) is 0 Å². The lowest BCUT2D eigenvalue weighted by Crippen LogP contribution is -2.24. The van der Waals surface area contributed by atoms with Crippen LogP contribution in [0.2, 0.25) is 5.02 Å². The van der Waals surface area contributed by atoms with Crippen molar-refractivity contribution < 1.29 is 5.11 Å². The Labute approximate surface area is 141 Å². The molecule has 0 heterocycles. The van der Waals surface area contributed by atoms with Crippen LogP contribution in [0, 0.1) is 0 Å². The molecule has 0 amide bonds. The highest BCUT2D eigenvalue weighted by Gasteiger charge is 2.12. The highest BCUT2D eigenvalue weighted by molar-refractivity contribution is 6.30. The average Bonchev–Trinajstić information content (AvgIpc) is 2.59. The van der Waals surface area contributed by atoms with Gasteiger partial charge < -0.3 is 10.4 Å². The number of halogens is 1. The summed E-state index contributed by atoms with van der Waals surface area (Å²) in [5.74, 6) is 0. The van der Waals surface area contributed by atoms with Crippen LogP contribution < -0.4 is 5.32 Å². The minimum atomic E-state index is -0.551. The van der Waals surface area contributed by atoms with Gasteiger partial charge in [-0.25, -0.2) is 0 Å². The zero-order valence-corrected chi connectivity index (χ0v) is 13.8. The second-order valence-corrected chi connectivity index (χ2v) is 6.20. The summed E-state index contributed by atoms with van der Waals surface area (Å²) in [6.45, 7) is 2.61. The van der Waals surface area contributed by atoms with Gasteiger partial charge in [-0.15, -0.1) is 0 Å². The van der Waals surface area contributed by atoms with Crippen LogP contribution in [0.5, 0.6) is 0 Å². The summed E-state index contributed by atoms with van der Waals surface area (Å²) in [5.41, 5.74) is 2.11. The molecule has 0 aliphatic rings. The molecule has 0 unspecified atom stereocenters. The maximum atomic E-state index is 10.3. The zero-order valence-electron chi connectivity index (χ0n) is 13.0. The highest BCUT2D eigenvalue weighted by Crippen LogP contribution is 2.24. The van der Waals surface area contributed by atoms with E-state index in [1.165, 1.54) is 16.3 Å². The van der Waals surface area contributed by atoms with Crippen LogP contribution in [-0.4, -0.2) is 11.7 Å². The minimum absolute atomic E-state index is 0.156. The van der Waals surface area contributed by atoms with Crippen molar-refractivity contribution in [2.24, 2.45) is 0 Å². The molecule has 3 rings (SSSR count). The molecule has 118 valence electrons. The van der Waals surface area contributed by atoms with E-state index in [-0.39, 0.29) is 6.04 Å². The monoisotopic (exact) mass is 325 g/mol. The summed E-state index contributed by atoms with van der Waals surface area (Å²) in [5, 5.41) is 16.9. The Hall–Kier alpha value is -1.87. The Bertz CT molecular complexity index is 780. The van der Waals surface area contributed by atoms with Gasteiger partial charge in [0.2, 0.25) is 0 Å². The molecule has 0 saturated carbocycles. The van der Waals surface area contributed by atoms with Crippen LogP contribution in [0.1, 0.15) is 30.2 Å². The number of aliphatic hydroxyl groups excluding tert-OH is 1. The highest BCUT2D eigenvalue weighted by atomic mass is 35.5. The zero-order chi connectivity index (χ0) is 16.2. The molecule has 0 spiro atoms. The van der Waals surface area contributed by atoms with E-state index in [0.29, 0.717) is 11.6 Å². The molecule has 3 aromatic rings. The van der Waals surface area contributed by atoms with Crippen molar-refractivity contribution in [2.75, 3.05) is 6.54 Å². The summed E-state index contributed by atoms with van der Waals surface area (Å²) in [4.78, 5) is 0. The Kier molecular flexibility index (Phi) is 4.97. The molecule has 0 saturated heterocycles. The van der Waals surface area contributed by atoms with Crippen LogP contribution in [0.25, 0.3) is 10.8 Å². The number of hydrogen-bond acceptors (Lipinski definition) is 2. The summed E-state index contributed by atoms with van der Waals surface area (Å²) in [6.07, 6.45) is -0.551. The standard InChI is InChI=1S/C20H20ClNO/c1-14(18-8-4-6-15-5-2-3-7-19(15)18)22-13-20(23)16-9-11-17(21)12-10-16/h2-12,14,20,22-23H,13H2,1H3/t14-,20+/m0/s1. The van der Waals surface area contributed by atoms with Crippen molar-refractivity contribution in [2.45, 2.75) is 19.1 Å². The molecule has 2 N–H and O–H groups in total. The SMILES string of the molecule is C[C@H](NC[C@@H](O)c1ccc(Cl)cc1)c1cccc2ccccc12. The number of rotatable bonds is 5. The van der Waals surface area contributed by atoms with Crippen LogP contribution in [-0.2, 0) is 0 Å². The van der Waals surface area contributed by atoms with E-state index in [0.717, 1.165) is 5.56 Å². The summed E-state index contributed by atoms with van der Waals surface area (Å²) in [7, 11) is 0. The molecule has 3 heteroatoms. The predicted molar refractivity (Wildman–Crippen MR) is 96.8 cm³/mol. The normalized spacial score (nSPS) is 13.9. The van der Waals surface area contributed by atoms with Crippen LogP contribution in [0.4, 0.5) is 0 Å². The fraction of sp³-hybridized carbons (Fsp3) is 0.200. The molecule has 0 radical (unpaired) electrons. The van der Waals surface area contributed by atoms with Crippen molar-refractivity contribution in [3.63, 3.8) is 0 Å². The lowest BCUT2D eigenvalue weighted by atomic mass is 9.99. The van der Waals surface area contributed by atoms with Gasteiger partial charge >= 0.3 is 0 Å². The van der Waals surface area contributed by atoms with Crippen LogP contribution in [0.15, 0.2) is 66.7 Å². The first kappa shape index (κ1) is 16.0. The maximum absolute atomic E-state index is 10.3. The van der Waals surface area contributed by atoms with Crippen molar-refractivity contribution in [1.82, 2.24) is 5.32 Å². The molecule has 0 bridgehead atoms. The smallest absolute Gasteiger partial charge is 0.0914 e. The lowest BCUT2D eigenvalue weighted by molar-refractivity contribution is 0.171. The van der Waals surface area contributed by atoms with Crippen LogP contribution >= 0.6 is 11.6 Å². The first-order valence-electron chi connectivity index (χ1n) is 7.80. The number of fused-ring (bicyclic) bond motifs is 1. The van der Waals surface area contributed by atoms with Gasteiger partial charge in [-0.3, -0.25) is 0 Å². The minimum Gasteiger partial charge on any atom is -0.387 e. The van der Waals surface area contributed by atoms with Gasteiger partial charge in [-0.05, 0) is 41.0 Å². The van der Waals surface area contributed by atoms with Gasteiger partial charge in [0.05, 0.1) is 6.10 Å². The van der Waals surface area contributed by atoms with E-state index in [9.17, 15) is 5.11 Å². The third-order valence-corrected chi connectivity index (χ3v) is 4.41. The number of aliphatic hydroxyl groups is 1. The first-order valence-corrected chi connectivity index (χ1v) is 8.17. The van der Waals surface area contributed by atoms with Gasteiger partial charge in [0.25, 0.3) is 0 Å². The molecule has 23 heavy (non-hydrogen) atoms. The molecule has 0 aliphatic heterocycles. The molecule has 2 atom stereocenters. The van der Waals surface area contributed by atoms with E-state index in [2.05, 4.69) is 54.7 Å². The van der Waals surface area contributed by atoms with E-state index in [1.807, 2.05) is 12.1 Å². The van der Waals surface area contributed by atoms with Gasteiger partial charge in [-0.1, -0.05) is 66.2 Å². The topological polar surface area (TPSA) is 32.3 Å². The molecular formula is C20H20ClNO. The average molecular weight is 326 g/mol. The fourth-order valence-corrected chi connectivity index (χ4v) is 2.96. The van der Waals surface area contributed by atoms with Gasteiger partial charge in [0, 0.05) is 17.6 Å². The molecule has 0 aromatic heterocycles. The number of hydrogen-bond donors (Lipinski definition) is 2. The lowest BCUT2D eigenvalue weighted by Gasteiger charge is -2.19. The molecule has 3 aromatic carbocycles. The largest absolute Gasteiger partial charge is 0.387 e. The Morgan fingerprint density at radius 3 is 2.43 bits per heavy atom. The number of benzene rings is 3. The summed E-state index contributed by atoms with van der Waals surface area (Å²) in [6, 6.07) is 22.2. The Balaban J connectivity index is 1.71. The number of nitrogens with one attached hydrogen (secondary N) is 1. The molecule has 0 fully saturated rings. The second kappa shape index (κ2) is 7.14. The van der Waals surface area contributed by atoms with Crippen molar-refractivity contribution in [3.8, 4) is 0 Å². The van der Waals surface area contributed by atoms with Crippen molar-refractivity contribution in [3.05, 3.63) is 82.9 Å².